The summed E-state index contributed by atoms with van der Waals surface area (Å²) < 4.78 is 22.9. The van der Waals surface area contributed by atoms with E-state index >= 15 is 4.39 Å². The Morgan fingerprint density at radius 2 is 2.03 bits per heavy atom. The maximum atomic E-state index is 15.2. The number of carboxylic acids is 1. The third-order valence-corrected chi connectivity index (χ3v) is 6.60. The van der Waals surface area contributed by atoms with Crippen molar-refractivity contribution in [3.05, 3.63) is 83.0 Å². The molecule has 2 aromatic heterocycles. The van der Waals surface area contributed by atoms with Gasteiger partial charge in [0.1, 0.15) is 33.7 Å². The van der Waals surface area contributed by atoms with Gasteiger partial charge in [0.15, 0.2) is 0 Å². The fraction of sp³-hybridized carbons (Fsp3) is 0.200. The van der Waals surface area contributed by atoms with Crippen molar-refractivity contribution in [1.82, 2.24) is 9.55 Å². The van der Waals surface area contributed by atoms with E-state index in [1.807, 2.05) is 34.9 Å². The van der Waals surface area contributed by atoms with Crippen LogP contribution in [-0.4, -0.2) is 20.6 Å². The molecule has 0 spiro atoms. The normalized spacial score (nSPS) is 15.4. The smallest absolute Gasteiger partial charge is 0.346 e. The monoisotopic (exact) mass is 484 g/mol. The highest BCUT2D eigenvalue weighted by Crippen LogP contribution is 2.38. The number of carboxylic acid groups (broad SMARTS) is 1. The Morgan fingerprint density at radius 1 is 1.21 bits per heavy atom. The highest BCUT2D eigenvalue weighted by atomic mass is 35.5. The SMILES string of the molecule is Cl.O=C(O)c1cc2c(nc(-c3ccc(OCc4ccccc4)cc3F)n2C2C=CCCC2)s1. The van der Waals surface area contributed by atoms with E-state index in [0.29, 0.717) is 28.6 Å². The van der Waals surface area contributed by atoms with E-state index in [9.17, 15) is 9.90 Å². The number of benzene rings is 2. The lowest BCUT2D eigenvalue weighted by Gasteiger charge is -2.21. The molecule has 0 fully saturated rings. The molecule has 2 heterocycles. The first kappa shape index (κ1) is 23.0. The van der Waals surface area contributed by atoms with Crippen molar-refractivity contribution in [2.75, 3.05) is 0 Å². The van der Waals surface area contributed by atoms with Crippen molar-refractivity contribution < 1.29 is 19.0 Å². The van der Waals surface area contributed by atoms with Crippen LogP contribution in [0.4, 0.5) is 4.39 Å². The molecule has 2 aromatic carbocycles. The Kier molecular flexibility index (Phi) is 6.81. The van der Waals surface area contributed by atoms with Gasteiger partial charge in [0.25, 0.3) is 0 Å². The Balaban J connectivity index is 0.00000259. The van der Waals surface area contributed by atoms with E-state index in [2.05, 4.69) is 17.1 Å². The van der Waals surface area contributed by atoms with Gasteiger partial charge in [0.2, 0.25) is 0 Å². The first-order valence-corrected chi connectivity index (χ1v) is 11.3. The van der Waals surface area contributed by atoms with E-state index in [1.165, 1.54) is 6.07 Å². The largest absolute Gasteiger partial charge is 0.489 e. The summed E-state index contributed by atoms with van der Waals surface area (Å²) in [4.78, 5) is 16.9. The van der Waals surface area contributed by atoms with Gasteiger partial charge in [-0.3, -0.25) is 0 Å². The van der Waals surface area contributed by atoms with E-state index in [4.69, 9.17) is 4.74 Å². The quantitative estimate of drug-likeness (QED) is 0.303. The van der Waals surface area contributed by atoms with Gasteiger partial charge in [0, 0.05) is 6.07 Å². The molecule has 0 bridgehead atoms. The van der Waals surface area contributed by atoms with Crippen LogP contribution in [0, 0.1) is 5.82 Å². The minimum atomic E-state index is -0.980. The number of aromatic nitrogens is 2. The third-order valence-electron chi connectivity index (χ3n) is 5.59. The van der Waals surface area contributed by atoms with Crippen LogP contribution in [0.2, 0.25) is 0 Å². The van der Waals surface area contributed by atoms with Crippen LogP contribution >= 0.6 is 23.7 Å². The molecule has 1 aliphatic rings. The van der Waals surface area contributed by atoms with Crippen molar-refractivity contribution >= 4 is 40.1 Å². The molecule has 5 nitrogen and oxygen atoms in total. The molecule has 1 unspecified atom stereocenters. The number of thiophene rings is 1. The second-order valence-electron chi connectivity index (χ2n) is 7.75. The van der Waals surface area contributed by atoms with Crippen molar-refractivity contribution in [2.45, 2.75) is 31.9 Å². The maximum absolute atomic E-state index is 15.2. The van der Waals surface area contributed by atoms with Gasteiger partial charge < -0.3 is 14.4 Å². The topological polar surface area (TPSA) is 64.3 Å². The molecule has 8 heteroatoms. The number of hydrogen-bond donors (Lipinski definition) is 1. The number of rotatable bonds is 6. The standard InChI is InChI=1S/C25H21FN2O3S.ClH/c26-20-13-18(31-15-16-7-3-1-4-8-16)11-12-19(20)23-27-24-21(14-22(32-24)25(29)30)28(23)17-9-5-2-6-10-17;/h1,3-5,7-9,11-14,17H,2,6,10,15H2,(H,29,30);1H. The number of carbonyl (C=O) groups is 1. The lowest BCUT2D eigenvalue weighted by atomic mass is 10.0. The minimum absolute atomic E-state index is 0. The molecule has 0 aliphatic heterocycles. The number of allylic oxidation sites excluding steroid dienone is 2. The van der Waals surface area contributed by atoms with E-state index in [-0.39, 0.29) is 23.3 Å². The van der Waals surface area contributed by atoms with Crippen molar-refractivity contribution in [3.63, 3.8) is 0 Å². The van der Waals surface area contributed by atoms with Crippen LogP contribution in [0.15, 0.2) is 66.7 Å². The highest BCUT2D eigenvalue weighted by Gasteiger charge is 2.24. The Labute approximate surface area is 200 Å². The van der Waals surface area contributed by atoms with Crippen LogP contribution < -0.4 is 4.74 Å². The molecule has 0 amide bonds. The third kappa shape index (κ3) is 4.65. The Hall–Kier alpha value is -3.16. The lowest BCUT2D eigenvalue weighted by molar-refractivity contribution is 0.0702. The van der Waals surface area contributed by atoms with Crippen LogP contribution in [0.1, 0.15) is 40.5 Å². The molecular weight excluding hydrogens is 463 g/mol. The maximum Gasteiger partial charge on any atom is 0.346 e. The summed E-state index contributed by atoms with van der Waals surface area (Å²) in [6.07, 6.45) is 7.14. The molecule has 0 radical (unpaired) electrons. The summed E-state index contributed by atoms with van der Waals surface area (Å²) in [7, 11) is 0. The molecule has 170 valence electrons. The molecule has 1 atom stereocenters. The fourth-order valence-electron chi connectivity index (χ4n) is 4.04. The first-order valence-electron chi connectivity index (χ1n) is 10.5. The molecule has 1 aliphatic carbocycles. The van der Waals surface area contributed by atoms with Crippen molar-refractivity contribution in [2.24, 2.45) is 0 Å². The van der Waals surface area contributed by atoms with Crippen LogP contribution in [0.25, 0.3) is 21.7 Å². The number of halogens is 2. The predicted octanol–water partition coefficient (Wildman–Crippen LogP) is 6.88. The summed E-state index contributed by atoms with van der Waals surface area (Å²) in [6.45, 7) is 0.356. The van der Waals surface area contributed by atoms with Gasteiger partial charge in [-0.1, -0.05) is 42.5 Å². The summed E-state index contributed by atoms with van der Waals surface area (Å²) >= 11 is 1.11. The van der Waals surface area contributed by atoms with Crippen LogP contribution in [0.3, 0.4) is 0 Å². The summed E-state index contributed by atoms with van der Waals surface area (Å²) in [5.41, 5.74) is 2.10. The van der Waals surface area contributed by atoms with Gasteiger partial charge >= 0.3 is 5.97 Å². The molecule has 1 N–H and O–H groups in total. The van der Waals surface area contributed by atoms with Gasteiger partial charge in [-0.05, 0) is 43.0 Å². The van der Waals surface area contributed by atoms with Crippen molar-refractivity contribution in [3.8, 4) is 17.1 Å². The number of imidazole rings is 1. The van der Waals surface area contributed by atoms with Gasteiger partial charge in [-0.2, -0.15) is 0 Å². The highest BCUT2D eigenvalue weighted by molar-refractivity contribution is 7.20. The van der Waals surface area contributed by atoms with Crippen LogP contribution in [0.5, 0.6) is 5.75 Å². The van der Waals surface area contributed by atoms with Gasteiger partial charge in [-0.15, -0.1) is 23.7 Å². The van der Waals surface area contributed by atoms with E-state index < -0.39 is 11.8 Å². The molecule has 5 rings (SSSR count). The minimum Gasteiger partial charge on any atom is -0.489 e. The van der Waals surface area contributed by atoms with Gasteiger partial charge in [-0.25, -0.2) is 14.2 Å². The summed E-state index contributed by atoms with van der Waals surface area (Å²) in [5.74, 6) is -0.452. The average Bonchev–Trinajstić information content (AvgIpc) is 3.37. The first-order chi connectivity index (χ1) is 15.6. The molecule has 0 saturated heterocycles. The molecule has 4 aromatic rings. The van der Waals surface area contributed by atoms with Crippen molar-refractivity contribution in [1.29, 1.82) is 0 Å². The zero-order valence-electron chi connectivity index (χ0n) is 17.6. The average molecular weight is 485 g/mol. The summed E-state index contributed by atoms with van der Waals surface area (Å²) in [6, 6.07) is 16.2. The molecule has 0 saturated carbocycles. The van der Waals surface area contributed by atoms with Crippen LogP contribution in [-0.2, 0) is 6.61 Å². The number of fused-ring (bicyclic) bond motifs is 1. The van der Waals surface area contributed by atoms with E-state index in [1.54, 1.807) is 18.2 Å². The second kappa shape index (κ2) is 9.77. The molecule has 33 heavy (non-hydrogen) atoms. The Morgan fingerprint density at radius 3 is 2.73 bits per heavy atom. The predicted molar refractivity (Wildman–Crippen MR) is 130 cm³/mol. The zero-order chi connectivity index (χ0) is 22.1. The lowest BCUT2D eigenvalue weighted by Crippen LogP contribution is -2.11. The summed E-state index contributed by atoms with van der Waals surface area (Å²) in [5, 5.41) is 9.38. The number of ether oxygens (including phenoxy) is 1. The Bertz CT molecular complexity index is 1320. The number of nitrogens with zero attached hydrogens (tertiary/aromatic N) is 2. The number of hydrogen-bond acceptors (Lipinski definition) is 4. The van der Waals surface area contributed by atoms with E-state index in [0.717, 1.165) is 41.7 Å². The van der Waals surface area contributed by atoms with Gasteiger partial charge in [0.05, 0.1) is 17.1 Å². The molecular formula is C25H22ClFN2O3S. The second-order valence-corrected chi connectivity index (χ2v) is 8.78. The number of aromatic carboxylic acids is 1. The fourth-order valence-corrected chi connectivity index (χ4v) is 4.90. The zero-order valence-corrected chi connectivity index (χ0v) is 19.2.